The van der Waals surface area contributed by atoms with Gasteiger partial charge >= 0.3 is 6.09 Å². The lowest BCUT2D eigenvalue weighted by molar-refractivity contribution is -0.140. The van der Waals surface area contributed by atoms with Gasteiger partial charge in [0.1, 0.15) is 11.6 Å². The van der Waals surface area contributed by atoms with Crippen molar-refractivity contribution >= 4 is 12.0 Å². The van der Waals surface area contributed by atoms with Gasteiger partial charge in [-0.05, 0) is 33.6 Å². The molecule has 6 nitrogen and oxygen atoms in total. The van der Waals surface area contributed by atoms with Crippen LogP contribution in [0, 0.1) is 0 Å². The van der Waals surface area contributed by atoms with Crippen LogP contribution >= 0.6 is 0 Å². The molecule has 0 aliphatic carbocycles. The summed E-state index contributed by atoms with van der Waals surface area (Å²) in [6, 6.07) is -0.599. The number of carbonyl (C=O) groups is 2. The van der Waals surface area contributed by atoms with Gasteiger partial charge < -0.3 is 9.64 Å². The van der Waals surface area contributed by atoms with E-state index in [1.54, 1.807) is 20.8 Å². The molecule has 9 heteroatoms. The van der Waals surface area contributed by atoms with Crippen LogP contribution < -0.4 is 0 Å². The second kappa shape index (κ2) is 7.80. The first kappa shape index (κ1) is 19.8. The van der Waals surface area contributed by atoms with Crippen LogP contribution in [0.15, 0.2) is 0 Å². The van der Waals surface area contributed by atoms with Crippen molar-refractivity contribution in [3.05, 3.63) is 0 Å². The van der Waals surface area contributed by atoms with E-state index in [9.17, 15) is 22.8 Å². The van der Waals surface area contributed by atoms with Crippen LogP contribution in [0.2, 0.25) is 0 Å². The number of hydrogen-bond acceptors (Lipinski definition) is 4. The van der Waals surface area contributed by atoms with E-state index in [1.165, 1.54) is 9.80 Å². The van der Waals surface area contributed by atoms with Crippen molar-refractivity contribution < 1.29 is 27.5 Å². The second-order valence-corrected chi connectivity index (χ2v) is 7.40. The molecule has 2 atom stereocenters. The van der Waals surface area contributed by atoms with Gasteiger partial charge in [-0.25, -0.2) is 18.0 Å². The van der Waals surface area contributed by atoms with E-state index in [-0.39, 0.29) is 32.1 Å². The minimum atomic E-state index is -3.06. The van der Waals surface area contributed by atoms with Gasteiger partial charge in [0, 0.05) is 32.7 Å². The molecule has 2 unspecified atom stereocenters. The number of rotatable bonds is 3. The summed E-state index contributed by atoms with van der Waals surface area (Å²) in [6.07, 6.45) is -4.64. The number of nitrogens with zero attached hydrogens (tertiary/aromatic N) is 3. The van der Waals surface area contributed by atoms with E-state index in [0.29, 0.717) is 19.4 Å². The van der Waals surface area contributed by atoms with Crippen molar-refractivity contribution in [1.82, 2.24) is 14.7 Å². The van der Waals surface area contributed by atoms with Gasteiger partial charge in [-0.3, -0.25) is 14.6 Å². The number of amides is 2. The molecule has 2 rings (SSSR count). The number of carbonyl (C=O) groups excluding carboxylic acids is 2. The predicted molar refractivity (Wildman–Crippen MR) is 85.0 cm³/mol. The number of alkyl halides is 3. The summed E-state index contributed by atoms with van der Waals surface area (Å²) in [7, 11) is 0. The van der Waals surface area contributed by atoms with Gasteiger partial charge in [0.25, 0.3) is 6.43 Å². The summed E-state index contributed by atoms with van der Waals surface area (Å²) >= 11 is 0. The number of halogens is 3. The Bertz CT molecular complexity index is 491. The first-order valence-electron chi connectivity index (χ1n) is 8.55. The summed E-state index contributed by atoms with van der Waals surface area (Å²) in [5.41, 5.74) is -0.649. The molecule has 144 valence electrons. The zero-order valence-electron chi connectivity index (χ0n) is 14.9. The fourth-order valence-electron chi connectivity index (χ4n) is 3.12. The van der Waals surface area contributed by atoms with Gasteiger partial charge in [0.15, 0.2) is 0 Å². The molecule has 2 aliphatic rings. The smallest absolute Gasteiger partial charge is 0.410 e. The third-order valence-electron chi connectivity index (χ3n) is 4.35. The highest BCUT2D eigenvalue weighted by molar-refractivity contribution is 5.86. The van der Waals surface area contributed by atoms with Crippen molar-refractivity contribution in [3.63, 3.8) is 0 Å². The molecule has 0 N–H and O–H groups in total. The van der Waals surface area contributed by atoms with E-state index in [0.717, 1.165) is 4.90 Å². The minimum absolute atomic E-state index is 0.0520. The maximum absolute atomic E-state index is 13.4. The molecule has 25 heavy (non-hydrogen) atoms. The van der Waals surface area contributed by atoms with Crippen molar-refractivity contribution in [2.75, 3.05) is 32.7 Å². The lowest BCUT2D eigenvalue weighted by atomic mass is 10.1. The predicted octanol–water partition coefficient (Wildman–Crippen LogP) is 2.09. The second-order valence-electron chi connectivity index (χ2n) is 7.40. The van der Waals surface area contributed by atoms with Crippen molar-refractivity contribution in [2.45, 2.75) is 58.0 Å². The average Bonchev–Trinajstić information content (AvgIpc) is 3.01. The molecule has 0 aromatic rings. The number of piperazine rings is 1. The molecule has 2 fully saturated rings. The van der Waals surface area contributed by atoms with Gasteiger partial charge in [-0.2, -0.15) is 0 Å². The van der Waals surface area contributed by atoms with Gasteiger partial charge in [-0.15, -0.1) is 0 Å². The summed E-state index contributed by atoms with van der Waals surface area (Å²) in [5.74, 6) is -0.226. The van der Waals surface area contributed by atoms with Crippen LogP contribution in [0.25, 0.3) is 0 Å². The molecule has 0 spiro atoms. The quantitative estimate of drug-likeness (QED) is 0.719. The highest BCUT2D eigenvalue weighted by atomic mass is 19.3. The standard InChI is InChI=1S/C16H26F3N3O3/c1-16(2,3)25-15(24)22-6-4-5-11(22)14(23)21-9-7-20(8-10-21)13(19)12(17)18/h11-13H,4-10H2,1-3H3. The lowest BCUT2D eigenvalue weighted by Crippen LogP contribution is -2.56. The van der Waals surface area contributed by atoms with Crippen LogP contribution in [-0.4, -0.2) is 83.8 Å². The average molecular weight is 365 g/mol. The Morgan fingerprint density at radius 1 is 1.04 bits per heavy atom. The first-order chi connectivity index (χ1) is 11.6. The van der Waals surface area contributed by atoms with Crippen molar-refractivity contribution in [1.29, 1.82) is 0 Å². The van der Waals surface area contributed by atoms with E-state index in [1.807, 2.05) is 0 Å². The first-order valence-corrected chi connectivity index (χ1v) is 8.55. The molecule has 0 saturated carbocycles. The molecule has 0 aromatic heterocycles. The SMILES string of the molecule is CC(C)(C)OC(=O)N1CCCC1C(=O)N1CCN(C(F)C(F)F)CC1. The minimum Gasteiger partial charge on any atom is -0.444 e. The van der Waals surface area contributed by atoms with Crippen LogP contribution in [-0.2, 0) is 9.53 Å². The van der Waals surface area contributed by atoms with Gasteiger partial charge in [-0.1, -0.05) is 0 Å². The third kappa shape index (κ3) is 4.99. The van der Waals surface area contributed by atoms with E-state index in [4.69, 9.17) is 4.74 Å². The van der Waals surface area contributed by atoms with Crippen LogP contribution in [0.3, 0.4) is 0 Å². The molecular weight excluding hydrogens is 339 g/mol. The molecule has 0 bridgehead atoms. The normalized spacial score (nSPS) is 23.9. The molecule has 0 radical (unpaired) electrons. The highest BCUT2D eigenvalue weighted by Gasteiger charge is 2.40. The summed E-state index contributed by atoms with van der Waals surface area (Å²) in [4.78, 5) is 29.0. The maximum Gasteiger partial charge on any atom is 0.410 e. The summed E-state index contributed by atoms with van der Waals surface area (Å²) in [5, 5.41) is 0. The maximum atomic E-state index is 13.4. The lowest BCUT2D eigenvalue weighted by Gasteiger charge is -2.38. The Morgan fingerprint density at radius 2 is 1.64 bits per heavy atom. The van der Waals surface area contributed by atoms with E-state index in [2.05, 4.69) is 0 Å². The zero-order chi connectivity index (χ0) is 18.8. The van der Waals surface area contributed by atoms with Crippen LogP contribution in [0.4, 0.5) is 18.0 Å². The van der Waals surface area contributed by atoms with Gasteiger partial charge in [0.2, 0.25) is 12.2 Å². The Morgan fingerprint density at radius 3 is 2.16 bits per heavy atom. The number of likely N-dealkylation sites (tertiary alicyclic amines) is 1. The fraction of sp³-hybridized carbons (Fsp3) is 0.875. The van der Waals surface area contributed by atoms with E-state index < -0.39 is 30.5 Å². The van der Waals surface area contributed by atoms with Crippen LogP contribution in [0.5, 0.6) is 0 Å². The summed E-state index contributed by atoms with van der Waals surface area (Å²) < 4.78 is 43.6. The van der Waals surface area contributed by atoms with Crippen LogP contribution in [0.1, 0.15) is 33.6 Å². The monoisotopic (exact) mass is 365 g/mol. The fourth-order valence-corrected chi connectivity index (χ4v) is 3.12. The molecule has 2 heterocycles. The number of hydrogen-bond donors (Lipinski definition) is 0. The zero-order valence-corrected chi connectivity index (χ0v) is 14.9. The largest absolute Gasteiger partial charge is 0.444 e. The third-order valence-corrected chi connectivity index (χ3v) is 4.35. The summed E-state index contributed by atoms with van der Waals surface area (Å²) in [6.45, 7) is 6.17. The number of ether oxygens (including phenoxy) is 1. The topological polar surface area (TPSA) is 53.1 Å². The van der Waals surface area contributed by atoms with E-state index >= 15 is 0 Å². The molecule has 2 aliphatic heterocycles. The Hall–Kier alpha value is -1.51. The van der Waals surface area contributed by atoms with Crippen molar-refractivity contribution in [3.8, 4) is 0 Å². The molecule has 2 saturated heterocycles. The molecular formula is C16H26F3N3O3. The van der Waals surface area contributed by atoms with Crippen molar-refractivity contribution in [2.24, 2.45) is 0 Å². The Balaban J connectivity index is 1.93. The molecule has 0 aromatic carbocycles. The highest BCUT2D eigenvalue weighted by Crippen LogP contribution is 2.23. The Kier molecular flexibility index (Phi) is 6.18. The Labute approximate surface area is 145 Å². The van der Waals surface area contributed by atoms with Gasteiger partial charge in [0.05, 0.1) is 0 Å². The molecule has 2 amide bonds.